The Morgan fingerprint density at radius 2 is 2.41 bits per heavy atom. The molecule has 0 radical (unpaired) electrons. The third-order valence-corrected chi connectivity index (χ3v) is 3.81. The van der Waals surface area contributed by atoms with Crippen molar-refractivity contribution in [3.05, 3.63) is 12.3 Å². The predicted molar refractivity (Wildman–Crippen MR) is 66.6 cm³/mol. The van der Waals surface area contributed by atoms with Crippen LogP contribution in [0.5, 0.6) is 0 Å². The van der Waals surface area contributed by atoms with E-state index in [1.54, 1.807) is 10.9 Å². The molecule has 0 spiro atoms. The number of hydrogen-bond acceptors (Lipinski definition) is 3. The minimum absolute atomic E-state index is 0.0982. The van der Waals surface area contributed by atoms with Gasteiger partial charge in [-0.2, -0.15) is 5.10 Å². The first-order valence-corrected chi connectivity index (χ1v) is 6.06. The first-order chi connectivity index (χ1) is 8.06. The highest BCUT2D eigenvalue weighted by Gasteiger charge is 2.44. The van der Waals surface area contributed by atoms with E-state index in [4.69, 9.17) is 0 Å². The second-order valence-electron chi connectivity index (χ2n) is 5.03. The monoisotopic (exact) mass is 236 g/mol. The third kappa shape index (κ3) is 2.07. The lowest BCUT2D eigenvalue weighted by Gasteiger charge is -2.30. The summed E-state index contributed by atoms with van der Waals surface area (Å²) in [4.78, 5) is 12.4. The summed E-state index contributed by atoms with van der Waals surface area (Å²) in [5, 5.41) is 10.3. The van der Waals surface area contributed by atoms with E-state index in [0.717, 1.165) is 25.3 Å². The van der Waals surface area contributed by atoms with Crippen LogP contribution in [0.4, 0.5) is 5.82 Å². The largest absolute Gasteiger partial charge is 0.316 e. The molecule has 1 aliphatic heterocycles. The maximum atomic E-state index is 12.4. The highest BCUT2D eigenvalue weighted by Crippen LogP contribution is 2.35. The fraction of sp³-hybridized carbons (Fsp3) is 0.667. The van der Waals surface area contributed by atoms with E-state index in [0.29, 0.717) is 5.92 Å². The lowest BCUT2D eigenvalue weighted by molar-refractivity contribution is -0.126. The molecule has 1 aromatic rings. The maximum Gasteiger partial charge on any atom is 0.233 e. The van der Waals surface area contributed by atoms with Crippen molar-refractivity contribution in [2.24, 2.45) is 18.4 Å². The number of aryl methyl sites for hydroxylation is 1. The van der Waals surface area contributed by atoms with Crippen LogP contribution in [0.3, 0.4) is 0 Å². The number of carbonyl (C=O) groups is 1. The quantitative estimate of drug-likeness (QED) is 0.823. The molecule has 5 heteroatoms. The van der Waals surface area contributed by atoms with Gasteiger partial charge >= 0.3 is 0 Å². The van der Waals surface area contributed by atoms with Crippen molar-refractivity contribution in [3.63, 3.8) is 0 Å². The molecule has 1 saturated heterocycles. The van der Waals surface area contributed by atoms with Crippen LogP contribution in [-0.4, -0.2) is 28.8 Å². The number of rotatable bonds is 3. The number of amides is 1. The van der Waals surface area contributed by atoms with Gasteiger partial charge in [0.25, 0.3) is 0 Å². The van der Waals surface area contributed by atoms with Gasteiger partial charge in [-0.3, -0.25) is 9.48 Å². The minimum Gasteiger partial charge on any atom is -0.316 e. The number of carbonyl (C=O) groups excluding carboxylic acids is 1. The van der Waals surface area contributed by atoms with Crippen LogP contribution in [0.25, 0.3) is 0 Å². The van der Waals surface area contributed by atoms with Crippen molar-refractivity contribution in [2.45, 2.75) is 20.3 Å². The van der Waals surface area contributed by atoms with E-state index in [-0.39, 0.29) is 11.3 Å². The third-order valence-electron chi connectivity index (χ3n) is 3.81. The molecule has 2 heterocycles. The number of anilines is 1. The van der Waals surface area contributed by atoms with Gasteiger partial charge in [0.2, 0.25) is 5.91 Å². The number of nitrogens with zero attached hydrogens (tertiary/aromatic N) is 2. The van der Waals surface area contributed by atoms with Gasteiger partial charge < -0.3 is 10.6 Å². The predicted octanol–water partition coefficient (Wildman–Crippen LogP) is 0.994. The highest BCUT2D eigenvalue weighted by molar-refractivity contribution is 5.95. The number of hydrogen-bond donors (Lipinski definition) is 2. The molecule has 94 valence electrons. The van der Waals surface area contributed by atoms with Gasteiger partial charge in [-0.15, -0.1) is 0 Å². The Hall–Kier alpha value is -1.36. The lowest BCUT2D eigenvalue weighted by atomic mass is 9.75. The summed E-state index contributed by atoms with van der Waals surface area (Å²) >= 11 is 0. The lowest BCUT2D eigenvalue weighted by Crippen LogP contribution is -2.42. The average Bonchev–Trinajstić information content (AvgIpc) is 2.89. The summed E-state index contributed by atoms with van der Waals surface area (Å²) in [6.07, 6.45) is 2.58. The van der Waals surface area contributed by atoms with Crippen molar-refractivity contribution >= 4 is 11.7 Å². The van der Waals surface area contributed by atoms with Crippen LogP contribution in [-0.2, 0) is 11.8 Å². The summed E-state index contributed by atoms with van der Waals surface area (Å²) in [5.74, 6) is 1.17. The molecule has 1 aliphatic rings. The summed E-state index contributed by atoms with van der Waals surface area (Å²) in [5.41, 5.74) is -0.287. The summed E-state index contributed by atoms with van der Waals surface area (Å²) in [6, 6.07) is 1.81. The van der Waals surface area contributed by atoms with Crippen LogP contribution in [0.2, 0.25) is 0 Å². The Balaban J connectivity index is 2.16. The second kappa shape index (κ2) is 4.49. The van der Waals surface area contributed by atoms with E-state index in [2.05, 4.69) is 29.6 Å². The molecule has 2 rings (SSSR count). The van der Waals surface area contributed by atoms with E-state index in [1.807, 2.05) is 13.1 Å². The molecule has 0 bridgehead atoms. The summed E-state index contributed by atoms with van der Waals surface area (Å²) < 4.78 is 1.67. The molecule has 1 aromatic heterocycles. The molecule has 1 atom stereocenters. The van der Waals surface area contributed by atoms with Crippen molar-refractivity contribution in [1.82, 2.24) is 15.1 Å². The van der Waals surface area contributed by atoms with Crippen molar-refractivity contribution in [1.29, 1.82) is 0 Å². The first kappa shape index (κ1) is 12.1. The number of aromatic nitrogens is 2. The normalized spacial score (nSPS) is 24.2. The van der Waals surface area contributed by atoms with E-state index < -0.39 is 0 Å². The topological polar surface area (TPSA) is 59.0 Å². The molecule has 0 aliphatic carbocycles. The van der Waals surface area contributed by atoms with Gasteiger partial charge in [0.15, 0.2) is 0 Å². The van der Waals surface area contributed by atoms with Crippen LogP contribution in [0, 0.1) is 11.3 Å². The molecule has 2 N–H and O–H groups in total. The van der Waals surface area contributed by atoms with Gasteiger partial charge in [-0.25, -0.2) is 0 Å². The molecule has 0 aromatic carbocycles. The standard InChI is InChI=1S/C12H20N4O/c1-9(2)12(5-7-13-8-12)11(17)15-10-4-6-14-16(10)3/h4,6,9,13H,5,7-8H2,1-3H3,(H,15,17). The average molecular weight is 236 g/mol. The zero-order valence-electron chi connectivity index (χ0n) is 10.7. The van der Waals surface area contributed by atoms with Gasteiger partial charge in [0, 0.05) is 19.7 Å². The summed E-state index contributed by atoms with van der Waals surface area (Å²) in [6.45, 7) is 5.89. The van der Waals surface area contributed by atoms with Crippen molar-refractivity contribution in [3.8, 4) is 0 Å². The van der Waals surface area contributed by atoms with Gasteiger partial charge in [-0.05, 0) is 18.9 Å². The smallest absolute Gasteiger partial charge is 0.233 e. The number of nitrogens with one attached hydrogen (secondary N) is 2. The van der Waals surface area contributed by atoms with Crippen LogP contribution < -0.4 is 10.6 Å². The van der Waals surface area contributed by atoms with Gasteiger partial charge in [0.1, 0.15) is 5.82 Å². The molecule has 17 heavy (non-hydrogen) atoms. The summed E-state index contributed by atoms with van der Waals surface area (Å²) in [7, 11) is 1.82. The zero-order valence-corrected chi connectivity index (χ0v) is 10.7. The highest BCUT2D eigenvalue weighted by atomic mass is 16.2. The Bertz CT molecular complexity index is 404. The van der Waals surface area contributed by atoms with Crippen LogP contribution >= 0.6 is 0 Å². The fourth-order valence-corrected chi connectivity index (χ4v) is 2.40. The second-order valence-corrected chi connectivity index (χ2v) is 5.03. The molecular formula is C12H20N4O. The molecular weight excluding hydrogens is 216 g/mol. The molecule has 0 saturated carbocycles. The van der Waals surface area contributed by atoms with Crippen LogP contribution in [0.15, 0.2) is 12.3 Å². The SMILES string of the molecule is CC(C)C1(C(=O)Nc2ccnn2C)CCNC1. The van der Waals surface area contributed by atoms with Crippen molar-refractivity contribution < 1.29 is 4.79 Å². The fourth-order valence-electron chi connectivity index (χ4n) is 2.40. The van der Waals surface area contributed by atoms with E-state index >= 15 is 0 Å². The molecule has 1 unspecified atom stereocenters. The van der Waals surface area contributed by atoms with Crippen LogP contribution in [0.1, 0.15) is 20.3 Å². The van der Waals surface area contributed by atoms with Gasteiger partial charge in [-0.1, -0.05) is 13.8 Å². The van der Waals surface area contributed by atoms with Gasteiger partial charge in [0.05, 0.1) is 11.6 Å². The zero-order chi connectivity index (χ0) is 12.5. The van der Waals surface area contributed by atoms with Crippen molar-refractivity contribution in [2.75, 3.05) is 18.4 Å². The maximum absolute atomic E-state index is 12.4. The minimum atomic E-state index is -0.287. The van der Waals surface area contributed by atoms with E-state index in [1.165, 1.54) is 0 Å². The molecule has 1 fully saturated rings. The Labute approximate surface area is 102 Å². The molecule has 1 amide bonds. The Morgan fingerprint density at radius 1 is 1.65 bits per heavy atom. The first-order valence-electron chi connectivity index (χ1n) is 6.06. The Morgan fingerprint density at radius 3 is 2.88 bits per heavy atom. The van der Waals surface area contributed by atoms with E-state index in [9.17, 15) is 4.79 Å². The molecule has 5 nitrogen and oxygen atoms in total. The Kier molecular flexibility index (Phi) is 3.19.